The van der Waals surface area contributed by atoms with Crippen molar-refractivity contribution in [2.45, 2.75) is 25.3 Å². The summed E-state index contributed by atoms with van der Waals surface area (Å²) in [5.41, 5.74) is 0.697. The van der Waals surface area contributed by atoms with Gasteiger partial charge in [0.25, 0.3) is 0 Å². The van der Waals surface area contributed by atoms with Gasteiger partial charge in [0.15, 0.2) is 0 Å². The number of hydrogen-bond donors (Lipinski definition) is 3. The maximum absolute atomic E-state index is 11.8. The van der Waals surface area contributed by atoms with Crippen molar-refractivity contribution in [2.24, 2.45) is 5.92 Å². The van der Waals surface area contributed by atoms with Crippen LogP contribution in [0.5, 0.6) is 0 Å². The number of halogens is 1. The highest BCUT2D eigenvalue weighted by Crippen LogP contribution is 2.34. The first-order chi connectivity index (χ1) is 9.04. The summed E-state index contributed by atoms with van der Waals surface area (Å²) in [5, 5.41) is 14.3. The number of hydrogen-bond acceptors (Lipinski definition) is 2. The Kier molecular flexibility index (Phi) is 4.62. The minimum atomic E-state index is -0.883. The van der Waals surface area contributed by atoms with E-state index in [2.05, 4.69) is 33.2 Å². The number of rotatable bonds is 5. The summed E-state index contributed by atoms with van der Waals surface area (Å²) in [4.78, 5) is 22.6. The van der Waals surface area contributed by atoms with Crippen molar-refractivity contribution in [3.05, 3.63) is 27.8 Å². The lowest BCUT2D eigenvalue weighted by Gasteiger charge is -2.16. The number of nitrogens with one attached hydrogen (secondary N) is 2. The molecule has 0 spiro atoms. The van der Waals surface area contributed by atoms with Crippen molar-refractivity contribution in [2.75, 3.05) is 5.32 Å². The Hall–Kier alpha value is -1.31. The van der Waals surface area contributed by atoms with Gasteiger partial charge in [-0.2, -0.15) is 0 Å². The van der Waals surface area contributed by atoms with Gasteiger partial charge < -0.3 is 15.7 Å². The summed E-state index contributed by atoms with van der Waals surface area (Å²) < 4.78 is 1.09. The van der Waals surface area contributed by atoms with Crippen LogP contribution >= 0.6 is 22.6 Å². The van der Waals surface area contributed by atoms with Crippen LogP contribution in [0, 0.1) is 9.49 Å². The van der Waals surface area contributed by atoms with E-state index in [1.54, 1.807) is 0 Å². The fourth-order valence-electron chi connectivity index (χ4n) is 1.89. The quantitative estimate of drug-likeness (QED) is 0.694. The summed E-state index contributed by atoms with van der Waals surface area (Å²) in [6, 6.07) is 6.79. The van der Waals surface area contributed by atoms with Crippen LogP contribution in [-0.2, 0) is 4.79 Å². The predicted octanol–water partition coefficient (Wildman–Crippen LogP) is 2.67. The number of carbonyl (C=O) groups excluding carboxylic acids is 1. The number of amides is 2. The van der Waals surface area contributed by atoms with Crippen molar-refractivity contribution in [3.63, 3.8) is 0 Å². The number of carbonyl (C=O) groups is 2. The Balaban J connectivity index is 1.88. The van der Waals surface area contributed by atoms with Gasteiger partial charge in [-0.1, -0.05) is 0 Å². The molecule has 0 heterocycles. The van der Waals surface area contributed by atoms with E-state index >= 15 is 0 Å². The Labute approximate surface area is 124 Å². The van der Waals surface area contributed by atoms with Crippen LogP contribution in [0.3, 0.4) is 0 Å². The summed E-state index contributed by atoms with van der Waals surface area (Å²) in [6.45, 7) is 0. The Morgan fingerprint density at radius 2 is 1.95 bits per heavy atom. The number of carboxylic acid groups (broad SMARTS) is 1. The molecule has 1 saturated carbocycles. The smallest absolute Gasteiger partial charge is 0.319 e. The van der Waals surface area contributed by atoms with Gasteiger partial charge in [-0.15, -0.1) is 0 Å². The van der Waals surface area contributed by atoms with E-state index < -0.39 is 5.97 Å². The van der Waals surface area contributed by atoms with E-state index in [1.807, 2.05) is 24.3 Å². The van der Waals surface area contributed by atoms with E-state index in [0.717, 1.165) is 16.4 Å². The van der Waals surface area contributed by atoms with Gasteiger partial charge in [0.05, 0.1) is 6.42 Å². The monoisotopic (exact) mass is 374 g/mol. The van der Waals surface area contributed by atoms with Gasteiger partial charge in [-0.05, 0) is 65.6 Å². The first-order valence-electron chi connectivity index (χ1n) is 6.09. The lowest BCUT2D eigenvalue weighted by Crippen LogP contribution is -2.40. The first-order valence-corrected chi connectivity index (χ1v) is 7.17. The SMILES string of the molecule is O=C(O)CC(NC(=O)Nc1ccc(I)cc1)C1CC1. The molecule has 0 radical (unpaired) electrons. The van der Waals surface area contributed by atoms with Gasteiger partial charge >= 0.3 is 12.0 Å². The van der Waals surface area contributed by atoms with Crippen molar-refractivity contribution in [1.29, 1.82) is 0 Å². The number of carboxylic acids is 1. The molecule has 2 amide bonds. The molecule has 1 aromatic carbocycles. The fourth-order valence-corrected chi connectivity index (χ4v) is 2.25. The van der Waals surface area contributed by atoms with Crippen LogP contribution in [0.1, 0.15) is 19.3 Å². The highest BCUT2D eigenvalue weighted by Gasteiger charge is 2.33. The largest absolute Gasteiger partial charge is 0.481 e. The summed E-state index contributed by atoms with van der Waals surface area (Å²) in [5.74, 6) is -0.579. The molecule has 3 N–H and O–H groups in total. The van der Waals surface area contributed by atoms with Crippen LogP contribution in [-0.4, -0.2) is 23.1 Å². The number of urea groups is 1. The summed E-state index contributed by atoms with van der Waals surface area (Å²) in [6.07, 6.45) is 1.95. The standard InChI is InChI=1S/C13H15IN2O3/c14-9-3-5-10(6-4-9)15-13(19)16-11(7-12(17)18)8-1-2-8/h3-6,8,11H,1-2,7H2,(H,17,18)(H2,15,16,19). The molecule has 0 aromatic heterocycles. The Morgan fingerprint density at radius 1 is 1.32 bits per heavy atom. The third-order valence-electron chi connectivity index (χ3n) is 3.00. The van der Waals surface area contributed by atoms with E-state index in [4.69, 9.17) is 5.11 Å². The average Bonchev–Trinajstić information content (AvgIpc) is 3.14. The predicted molar refractivity (Wildman–Crippen MR) is 80.1 cm³/mol. The Bertz CT molecular complexity index is 471. The maximum atomic E-state index is 11.8. The van der Waals surface area contributed by atoms with E-state index in [-0.39, 0.29) is 18.5 Å². The van der Waals surface area contributed by atoms with Crippen LogP contribution in [0.15, 0.2) is 24.3 Å². The third-order valence-corrected chi connectivity index (χ3v) is 3.72. The molecular formula is C13H15IN2O3. The molecule has 102 valence electrons. The van der Waals surface area contributed by atoms with Crippen molar-refractivity contribution < 1.29 is 14.7 Å². The lowest BCUT2D eigenvalue weighted by molar-refractivity contribution is -0.137. The summed E-state index contributed by atoms with van der Waals surface area (Å²) >= 11 is 2.19. The lowest BCUT2D eigenvalue weighted by atomic mass is 10.1. The fraction of sp³-hybridized carbons (Fsp3) is 0.385. The van der Waals surface area contributed by atoms with Gasteiger partial charge in [0, 0.05) is 15.3 Å². The zero-order valence-corrected chi connectivity index (χ0v) is 12.4. The highest BCUT2D eigenvalue weighted by atomic mass is 127. The minimum Gasteiger partial charge on any atom is -0.481 e. The number of benzene rings is 1. The molecule has 2 rings (SSSR count). The molecule has 19 heavy (non-hydrogen) atoms. The molecule has 6 heteroatoms. The molecule has 0 aliphatic heterocycles. The molecule has 0 bridgehead atoms. The van der Waals surface area contributed by atoms with Crippen LogP contribution in [0.25, 0.3) is 0 Å². The molecule has 1 fully saturated rings. The van der Waals surface area contributed by atoms with E-state index in [9.17, 15) is 9.59 Å². The zero-order chi connectivity index (χ0) is 13.8. The highest BCUT2D eigenvalue weighted by molar-refractivity contribution is 14.1. The van der Waals surface area contributed by atoms with E-state index in [0.29, 0.717) is 11.6 Å². The second-order valence-electron chi connectivity index (χ2n) is 4.65. The minimum absolute atomic E-state index is 0.0230. The molecule has 1 atom stereocenters. The van der Waals surface area contributed by atoms with Crippen molar-refractivity contribution in [1.82, 2.24) is 5.32 Å². The second-order valence-corrected chi connectivity index (χ2v) is 5.89. The van der Waals surface area contributed by atoms with Crippen molar-refractivity contribution in [3.8, 4) is 0 Å². The van der Waals surface area contributed by atoms with Crippen LogP contribution in [0.4, 0.5) is 10.5 Å². The third kappa shape index (κ3) is 4.70. The maximum Gasteiger partial charge on any atom is 0.319 e. The topological polar surface area (TPSA) is 78.4 Å². The normalized spacial score (nSPS) is 15.6. The van der Waals surface area contributed by atoms with Crippen LogP contribution in [0.2, 0.25) is 0 Å². The molecule has 1 aliphatic rings. The second kappa shape index (κ2) is 6.23. The molecule has 1 aliphatic carbocycles. The van der Waals surface area contributed by atoms with Gasteiger partial charge in [0.1, 0.15) is 0 Å². The van der Waals surface area contributed by atoms with Gasteiger partial charge in [-0.3, -0.25) is 4.79 Å². The number of aliphatic carboxylic acids is 1. The molecular weight excluding hydrogens is 359 g/mol. The zero-order valence-electron chi connectivity index (χ0n) is 10.2. The molecule has 1 unspecified atom stereocenters. The average molecular weight is 374 g/mol. The van der Waals surface area contributed by atoms with E-state index in [1.165, 1.54) is 0 Å². The Morgan fingerprint density at radius 3 is 2.47 bits per heavy atom. The van der Waals surface area contributed by atoms with Crippen molar-refractivity contribution >= 4 is 40.3 Å². The van der Waals surface area contributed by atoms with Crippen LogP contribution < -0.4 is 10.6 Å². The number of anilines is 1. The first kappa shape index (κ1) is 14.1. The molecule has 1 aromatic rings. The molecule has 0 saturated heterocycles. The summed E-state index contributed by atoms with van der Waals surface area (Å²) in [7, 11) is 0. The van der Waals surface area contributed by atoms with Gasteiger partial charge in [0.2, 0.25) is 0 Å². The molecule has 5 nitrogen and oxygen atoms in total. The van der Waals surface area contributed by atoms with Gasteiger partial charge in [-0.25, -0.2) is 4.79 Å².